The predicted molar refractivity (Wildman–Crippen MR) is 93.3 cm³/mol. The largest absolute Gasteiger partial charge is 0.338 e. The number of amides is 1. The summed E-state index contributed by atoms with van der Waals surface area (Å²) in [5.41, 5.74) is 2.36. The first kappa shape index (κ1) is 15.3. The number of fused-ring (bicyclic) bond motifs is 1. The molecule has 0 spiro atoms. The van der Waals surface area contributed by atoms with Crippen LogP contribution in [0, 0.1) is 5.92 Å². The van der Waals surface area contributed by atoms with Gasteiger partial charge in [-0.15, -0.1) is 0 Å². The fourth-order valence-corrected chi connectivity index (χ4v) is 4.11. The third kappa shape index (κ3) is 3.20. The molecule has 1 amide bonds. The number of likely N-dealkylation sites (tertiary alicyclic amines) is 2. The lowest BCUT2D eigenvalue weighted by Gasteiger charge is -2.25. The second kappa shape index (κ2) is 6.73. The van der Waals surface area contributed by atoms with Crippen LogP contribution >= 0.6 is 0 Å². The molecule has 1 aromatic carbocycles. The molecule has 2 aromatic rings. The number of aromatic nitrogens is 1. The lowest BCUT2D eigenvalue weighted by atomic mass is 10.0. The number of carbonyl (C=O) groups excluding carboxylic acids is 1. The van der Waals surface area contributed by atoms with E-state index in [0.717, 1.165) is 38.2 Å². The molecule has 124 valence electrons. The first-order chi connectivity index (χ1) is 11.8. The highest BCUT2D eigenvalue weighted by atomic mass is 16.2. The minimum absolute atomic E-state index is 0.275. The van der Waals surface area contributed by atoms with E-state index >= 15 is 0 Å². The minimum Gasteiger partial charge on any atom is -0.338 e. The number of rotatable bonds is 4. The maximum Gasteiger partial charge on any atom is 0.227 e. The quantitative estimate of drug-likeness (QED) is 0.867. The molecule has 0 N–H and O–H groups in total. The van der Waals surface area contributed by atoms with Crippen molar-refractivity contribution in [3.8, 4) is 0 Å². The van der Waals surface area contributed by atoms with Crippen LogP contribution in [0.2, 0.25) is 0 Å². The molecule has 2 saturated heterocycles. The fraction of sp³-hybridized carbons (Fsp3) is 0.400. The van der Waals surface area contributed by atoms with Gasteiger partial charge in [-0.2, -0.15) is 0 Å². The van der Waals surface area contributed by atoms with Crippen molar-refractivity contribution >= 4 is 5.91 Å². The highest BCUT2D eigenvalue weighted by molar-refractivity contribution is 5.79. The van der Waals surface area contributed by atoms with E-state index in [1.807, 2.05) is 48.8 Å². The van der Waals surface area contributed by atoms with Crippen LogP contribution in [0.4, 0.5) is 0 Å². The second-order valence-corrected chi connectivity index (χ2v) is 6.92. The molecule has 2 atom stereocenters. The molecule has 2 unspecified atom stereocenters. The summed E-state index contributed by atoms with van der Waals surface area (Å²) in [4.78, 5) is 21.5. The number of pyridine rings is 1. The van der Waals surface area contributed by atoms with Crippen molar-refractivity contribution in [3.63, 3.8) is 0 Å². The first-order valence-corrected chi connectivity index (χ1v) is 8.74. The zero-order valence-electron chi connectivity index (χ0n) is 13.8. The Balaban J connectivity index is 1.38. The number of benzene rings is 1. The summed E-state index contributed by atoms with van der Waals surface area (Å²) in [5, 5.41) is 0. The average molecular weight is 321 g/mol. The van der Waals surface area contributed by atoms with Gasteiger partial charge in [0.15, 0.2) is 0 Å². The third-order valence-corrected chi connectivity index (χ3v) is 5.27. The Kier molecular flexibility index (Phi) is 4.30. The Morgan fingerprint density at radius 3 is 2.71 bits per heavy atom. The van der Waals surface area contributed by atoms with Gasteiger partial charge in [-0.1, -0.05) is 36.4 Å². The molecular weight excluding hydrogens is 298 g/mol. The summed E-state index contributed by atoms with van der Waals surface area (Å²) in [6, 6.07) is 14.6. The Morgan fingerprint density at radius 2 is 1.92 bits per heavy atom. The topological polar surface area (TPSA) is 36.4 Å². The van der Waals surface area contributed by atoms with Gasteiger partial charge in [-0.05, 0) is 29.5 Å². The number of nitrogens with zero attached hydrogens (tertiary/aromatic N) is 3. The predicted octanol–water partition coefficient (Wildman–Crippen LogP) is 2.36. The standard InChI is InChI=1S/C20H23N3O/c24-20(11-16-5-2-1-3-6-16)23-10-8-18-14-22(15-19(18)23)13-17-7-4-9-21-12-17/h1-7,9,12,18-19H,8,10-11,13-15H2. The van der Waals surface area contributed by atoms with Gasteiger partial charge in [-0.3, -0.25) is 14.7 Å². The van der Waals surface area contributed by atoms with Gasteiger partial charge in [-0.25, -0.2) is 0 Å². The molecule has 0 bridgehead atoms. The van der Waals surface area contributed by atoms with Crippen LogP contribution < -0.4 is 0 Å². The SMILES string of the molecule is O=C(Cc1ccccc1)N1CCC2CN(Cc3cccnc3)CC21. The molecule has 0 saturated carbocycles. The number of carbonyl (C=O) groups is 1. The Labute approximate surface area is 143 Å². The van der Waals surface area contributed by atoms with Gasteiger partial charge in [0.05, 0.1) is 6.42 Å². The van der Waals surface area contributed by atoms with Crippen molar-refractivity contribution in [2.75, 3.05) is 19.6 Å². The van der Waals surface area contributed by atoms with E-state index in [2.05, 4.69) is 20.9 Å². The summed E-state index contributed by atoms with van der Waals surface area (Å²) in [7, 11) is 0. The summed E-state index contributed by atoms with van der Waals surface area (Å²) < 4.78 is 0. The number of hydrogen-bond donors (Lipinski definition) is 0. The monoisotopic (exact) mass is 321 g/mol. The second-order valence-electron chi connectivity index (χ2n) is 6.92. The van der Waals surface area contributed by atoms with E-state index in [9.17, 15) is 4.79 Å². The van der Waals surface area contributed by atoms with Crippen LogP contribution in [-0.4, -0.2) is 46.4 Å². The van der Waals surface area contributed by atoms with Crippen LogP contribution in [0.1, 0.15) is 17.5 Å². The third-order valence-electron chi connectivity index (χ3n) is 5.27. The highest BCUT2D eigenvalue weighted by Crippen LogP contribution is 2.32. The average Bonchev–Trinajstić information content (AvgIpc) is 3.16. The highest BCUT2D eigenvalue weighted by Gasteiger charge is 2.42. The maximum atomic E-state index is 12.7. The van der Waals surface area contributed by atoms with Gasteiger partial charge in [0.25, 0.3) is 0 Å². The van der Waals surface area contributed by atoms with Crippen molar-refractivity contribution in [1.29, 1.82) is 0 Å². The number of hydrogen-bond acceptors (Lipinski definition) is 3. The summed E-state index contributed by atoms with van der Waals surface area (Å²) in [5.74, 6) is 0.901. The van der Waals surface area contributed by atoms with E-state index in [1.165, 1.54) is 5.56 Å². The van der Waals surface area contributed by atoms with Crippen molar-refractivity contribution in [3.05, 3.63) is 66.0 Å². The first-order valence-electron chi connectivity index (χ1n) is 8.74. The van der Waals surface area contributed by atoms with Gasteiger partial charge in [0, 0.05) is 44.6 Å². The zero-order chi connectivity index (χ0) is 16.4. The van der Waals surface area contributed by atoms with E-state index in [-0.39, 0.29) is 5.91 Å². The van der Waals surface area contributed by atoms with E-state index in [4.69, 9.17) is 0 Å². The molecule has 2 aliphatic heterocycles. The Morgan fingerprint density at radius 1 is 1.08 bits per heavy atom. The maximum absolute atomic E-state index is 12.7. The van der Waals surface area contributed by atoms with Crippen LogP contribution in [0.25, 0.3) is 0 Å². The van der Waals surface area contributed by atoms with Crippen LogP contribution in [-0.2, 0) is 17.8 Å². The lowest BCUT2D eigenvalue weighted by Crippen LogP contribution is -2.40. The van der Waals surface area contributed by atoms with Crippen molar-refractivity contribution in [2.24, 2.45) is 5.92 Å². The molecule has 2 fully saturated rings. The van der Waals surface area contributed by atoms with Gasteiger partial charge >= 0.3 is 0 Å². The van der Waals surface area contributed by atoms with Gasteiger partial charge < -0.3 is 4.90 Å². The lowest BCUT2D eigenvalue weighted by molar-refractivity contribution is -0.131. The fourth-order valence-electron chi connectivity index (χ4n) is 4.11. The molecule has 4 rings (SSSR count). The smallest absolute Gasteiger partial charge is 0.227 e. The molecule has 4 heteroatoms. The van der Waals surface area contributed by atoms with E-state index in [0.29, 0.717) is 18.4 Å². The molecular formula is C20H23N3O. The molecule has 0 radical (unpaired) electrons. The summed E-state index contributed by atoms with van der Waals surface area (Å²) in [6.07, 6.45) is 5.40. The Hall–Kier alpha value is -2.20. The van der Waals surface area contributed by atoms with Gasteiger partial charge in [0.1, 0.15) is 0 Å². The minimum atomic E-state index is 0.275. The van der Waals surface area contributed by atoms with E-state index in [1.54, 1.807) is 0 Å². The Bertz CT molecular complexity index is 689. The zero-order valence-corrected chi connectivity index (χ0v) is 13.8. The molecule has 0 aliphatic carbocycles. The van der Waals surface area contributed by atoms with E-state index < -0.39 is 0 Å². The van der Waals surface area contributed by atoms with Crippen molar-refractivity contribution in [1.82, 2.24) is 14.8 Å². The molecule has 2 aliphatic rings. The summed E-state index contributed by atoms with van der Waals surface area (Å²) >= 11 is 0. The van der Waals surface area contributed by atoms with Gasteiger partial charge in [0.2, 0.25) is 5.91 Å². The normalized spacial score (nSPS) is 23.4. The van der Waals surface area contributed by atoms with Crippen molar-refractivity contribution < 1.29 is 4.79 Å². The molecule has 1 aromatic heterocycles. The molecule has 24 heavy (non-hydrogen) atoms. The molecule has 4 nitrogen and oxygen atoms in total. The van der Waals surface area contributed by atoms with Crippen LogP contribution in [0.5, 0.6) is 0 Å². The van der Waals surface area contributed by atoms with Crippen molar-refractivity contribution in [2.45, 2.75) is 25.4 Å². The summed E-state index contributed by atoms with van der Waals surface area (Å²) in [6.45, 7) is 3.93. The molecule has 3 heterocycles. The van der Waals surface area contributed by atoms with Crippen LogP contribution in [0.3, 0.4) is 0 Å². The van der Waals surface area contributed by atoms with Crippen LogP contribution in [0.15, 0.2) is 54.9 Å².